The summed E-state index contributed by atoms with van der Waals surface area (Å²) >= 11 is 3.44. The van der Waals surface area contributed by atoms with Crippen LogP contribution in [0.1, 0.15) is 23.0 Å². The van der Waals surface area contributed by atoms with E-state index in [0.717, 1.165) is 21.5 Å². The molecule has 0 atom stereocenters. The van der Waals surface area contributed by atoms with E-state index in [1.807, 2.05) is 60.9 Å². The summed E-state index contributed by atoms with van der Waals surface area (Å²) in [6, 6.07) is 19.4. The van der Waals surface area contributed by atoms with Crippen LogP contribution in [0.5, 0.6) is 0 Å². The van der Waals surface area contributed by atoms with Crippen molar-refractivity contribution in [2.45, 2.75) is 6.92 Å². The molecule has 0 fully saturated rings. The molecule has 4 heteroatoms. The van der Waals surface area contributed by atoms with Crippen LogP contribution in [0.15, 0.2) is 76.3 Å². The molecule has 114 valence electrons. The number of hydrogen-bond donors (Lipinski definition) is 0. The second-order valence-corrected chi connectivity index (χ2v) is 6.06. The van der Waals surface area contributed by atoms with Crippen molar-refractivity contribution in [3.8, 4) is 5.69 Å². The van der Waals surface area contributed by atoms with Gasteiger partial charge in [0.25, 0.3) is 0 Å². The van der Waals surface area contributed by atoms with Gasteiger partial charge in [0.05, 0.1) is 17.6 Å². The van der Waals surface area contributed by atoms with E-state index in [2.05, 4.69) is 25.5 Å². The topological polar surface area (TPSA) is 34.4 Å². The average Bonchev–Trinajstić information content (AvgIpc) is 3.02. The van der Waals surface area contributed by atoms with E-state index in [9.17, 15) is 4.79 Å². The number of aliphatic imine (C=N–C) groups is 1. The molecule has 0 spiro atoms. The zero-order valence-corrected chi connectivity index (χ0v) is 14.2. The highest BCUT2D eigenvalue weighted by atomic mass is 79.9. The standard InChI is InChI=1S/C19H15BrN2O/c1-14(23)15-4-8-17(9-5-15)21-13-19-3-2-12-22(19)18-10-6-16(20)7-11-18/h2-13H,1H3. The average molecular weight is 367 g/mol. The monoisotopic (exact) mass is 366 g/mol. The lowest BCUT2D eigenvalue weighted by molar-refractivity contribution is 0.101. The molecule has 0 aliphatic rings. The Bertz CT molecular complexity index is 846. The summed E-state index contributed by atoms with van der Waals surface area (Å²) in [6.45, 7) is 1.56. The maximum atomic E-state index is 11.3. The van der Waals surface area contributed by atoms with E-state index < -0.39 is 0 Å². The SMILES string of the molecule is CC(=O)c1ccc(N=Cc2cccn2-c2ccc(Br)cc2)cc1. The first-order valence-corrected chi connectivity index (χ1v) is 8.01. The van der Waals surface area contributed by atoms with Crippen LogP contribution in [0.25, 0.3) is 5.69 Å². The Morgan fingerprint density at radius 2 is 1.74 bits per heavy atom. The zero-order valence-electron chi connectivity index (χ0n) is 12.6. The minimum Gasteiger partial charge on any atom is -0.316 e. The maximum absolute atomic E-state index is 11.3. The summed E-state index contributed by atoms with van der Waals surface area (Å²) in [5, 5.41) is 0. The summed E-state index contributed by atoms with van der Waals surface area (Å²) in [6.07, 6.45) is 3.83. The van der Waals surface area contributed by atoms with Crippen LogP contribution in [-0.4, -0.2) is 16.6 Å². The third-order valence-corrected chi connectivity index (χ3v) is 4.03. The summed E-state index contributed by atoms with van der Waals surface area (Å²) in [5.74, 6) is 0.0599. The molecule has 0 saturated heterocycles. The van der Waals surface area contributed by atoms with Crippen LogP contribution >= 0.6 is 15.9 Å². The van der Waals surface area contributed by atoms with Gasteiger partial charge in [-0.15, -0.1) is 0 Å². The number of Topliss-reactive ketones (excluding diaryl/α,β-unsaturated/α-hetero) is 1. The highest BCUT2D eigenvalue weighted by Gasteiger charge is 2.02. The van der Waals surface area contributed by atoms with Gasteiger partial charge in [0.1, 0.15) is 0 Å². The molecule has 0 saturated carbocycles. The van der Waals surface area contributed by atoms with Gasteiger partial charge in [-0.2, -0.15) is 0 Å². The molecule has 0 unspecified atom stereocenters. The Morgan fingerprint density at radius 1 is 1.04 bits per heavy atom. The van der Waals surface area contributed by atoms with E-state index >= 15 is 0 Å². The van der Waals surface area contributed by atoms with Gasteiger partial charge in [-0.1, -0.05) is 15.9 Å². The fourth-order valence-electron chi connectivity index (χ4n) is 2.26. The molecule has 23 heavy (non-hydrogen) atoms. The molecule has 1 heterocycles. The molecule has 0 amide bonds. The number of aromatic nitrogens is 1. The predicted octanol–water partition coefficient (Wildman–Crippen LogP) is 5.19. The minimum atomic E-state index is 0.0599. The van der Waals surface area contributed by atoms with Crippen molar-refractivity contribution >= 4 is 33.6 Å². The lowest BCUT2D eigenvalue weighted by Gasteiger charge is -2.06. The third-order valence-electron chi connectivity index (χ3n) is 3.50. The summed E-state index contributed by atoms with van der Waals surface area (Å²) in [5.41, 5.74) is 3.58. The van der Waals surface area contributed by atoms with E-state index in [1.165, 1.54) is 0 Å². The largest absolute Gasteiger partial charge is 0.316 e. The Balaban J connectivity index is 1.84. The molecular formula is C19H15BrN2O. The first-order chi connectivity index (χ1) is 11.1. The van der Waals surface area contributed by atoms with Crippen LogP contribution in [0.3, 0.4) is 0 Å². The second kappa shape index (κ2) is 6.75. The third kappa shape index (κ3) is 3.66. The van der Waals surface area contributed by atoms with Crippen molar-refractivity contribution in [2.24, 2.45) is 4.99 Å². The Morgan fingerprint density at radius 3 is 2.39 bits per heavy atom. The van der Waals surface area contributed by atoms with Gasteiger partial charge in [-0.3, -0.25) is 9.79 Å². The van der Waals surface area contributed by atoms with Crippen molar-refractivity contribution in [1.29, 1.82) is 0 Å². The molecule has 2 aromatic carbocycles. The highest BCUT2D eigenvalue weighted by Crippen LogP contribution is 2.17. The first-order valence-electron chi connectivity index (χ1n) is 7.22. The van der Waals surface area contributed by atoms with Gasteiger partial charge >= 0.3 is 0 Å². The van der Waals surface area contributed by atoms with E-state index in [-0.39, 0.29) is 5.78 Å². The van der Waals surface area contributed by atoms with Gasteiger partial charge in [-0.05, 0) is 67.6 Å². The van der Waals surface area contributed by atoms with Gasteiger partial charge < -0.3 is 4.57 Å². The predicted molar refractivity (Wildman–Crippen MR) is 97.2 cm³/mol. The molecule has 0 aliphatic heterocycles. The minimum absolute atomic E-state index is 0.0599. The second-order valence-electron chi connectivity index (χ2n) is 5.14. The van der Waals surface area contributed by atoms with Gasteiger partial charge in [0.15, 0.2) is 5.78 Å². The van der Waals surface area contributed by atoms with E-state index in [1.54, 1.807) is 19.1 Å². The van der Waals surface area contributed by atoms with Crippen molar-refractivity contribution in [3.05, 3.63) is 82.6 Å². The van der Waals surface area contributed by atoms with Crippen LogP contribution in [0, 0.1) is 0 Å². The Hall–Kier alpha value is -2.46. The molecule has 3 rings (SSSR count). The van der Waals surface area contributed by atoms with Crippen molar-refractivity contribution in [2.75, 3.05) is 0 Å². The Kier molecular flexibility index (Phi) is 4.53. The van der Waals surface area contributed by atoms with Crippen molar-refractivity contribution < 1.29 is 4.79 Å². The number of carbonyl (C=O) groups excluding carboxylic acids is 1. The van der Waals surface area contributed by atoms with Crippen LogP contribution in [-0.2, 0) is 0 Å². The normalized spacial score (nSPS) is 11.0. The van der Waals surface area contributed by atoms with Crippen LogP contribution in [0.2, 0.25) is 0 Å². The van der Waals surface area contributed by atoms with Gasteiger partial charge in [0, 0.05) is 21.9 Å². The number of benzene rings is 2. The number of halogens is 1. The number of ketones is 1. The lowest BCUT2D eigenvalue weighted by atomic mass is 10.1. The maximum Gasteiger partial charge on any atom is 0.159 e. The fraction of sp³-hybridized carbons (Fsp3) is 0.0526. The highest BCUT2D eigenvalue weighted by molar-refractivity contribution is 9.10. The smallest absolute Gasteiger partial charge is 0.159 e. The van der Waals surface area contributed by atoms with Crippen LogP contribution in [0.4, 0.5) is 5.69 Å². The summed E-state index contributed by atoms with van der Waals surface area (Å²) in [7, 11) is 0. The molecule has 0 bridgehead atoms. The quantitative estimate of drug-likeness (QED) is 0.461. The number of rotatable bonds is 4. The Labute approximate surface area is 143 Å². The summed E-state index contributed by atoms with van der Waals surface area (Å²) in [4.78, 5) is 15.8. The van der Waals surface area contributed by atoms with Crippen molar-refractivity contribution in [1.82, 2.24) is 4.57 Å². The number of carbonyl (C=O) groups is 1. The molecule has 1 aromatic heterocycles. The molecule has 0 N–H and O–H groups in total. The zero-order chi connectivity index (χ0) is 16.2. The molecule has 3 nitrogen and oxygen atoms in total. The van der Waals surface area contributed by atoms with Crippen LogP contribution < -0.4 is 0 Å². The number of nitrogens with zero attached hydrogens (tertiary/aromatic N) is 2. The fourth-order valence-corrected chi connectivity index (χ4v) is 2.52. The van der Waals surface area contributed by atoms with E-state index in [0.29, 0.717) is 5.56 Å². The van der Waals surface area contributed by atoms with Gasteiger partial charge in [-0.25, -0.2) is 0 Å². The van der Waals surface area contributed by atoms with Gasteiger partial charge in [0.2, 0.25) is 0 Å². The molecular weight excluding hydrogens is 352 g/mol. The first kappa shape index (κ1) is 15.4. The molecule has 3 aromatic rings. The molecule has 0 aliphatic carbocycles. The molecule has 0 radical (unpaired) electrons. The van der Waals surface area contributed by atoms with Crippen molar-refractivity contribution in [3.63, 3.8) is 0 Å². The summed E-state index contributed by atoms with van der Waals surface area (Å²) < 4.78 is 3.12. The number of hydrogen-bond acceptors (Lipinski definition) is 2. The van der Waals surface area contributed by atoms with E-state index in [4.69, 9.17) is 0 Å². The lowest BCUT2D eigenvalue weighted by Crippen LogP contribution is -1.97.